The predicted octanol–water partition coefficient (Wildman–Crippen LogP) is 3.27. The molecule has 3 aromatic rings. The summed E-state index contributed by atoms with van der Waals surface area (Å²) in [6, 6.07) is 14.3. The zero-order valence-electron chi connectivity index (χ0n) is 18.9. The number of hydrogen-bond donors (Lipinski definition) is 2. The van der Waals surface area contributed by atoms with Crippen LogP contribution in [0.25, 0.3) is 11.4 Å². The Bertz CT molecular complexity index is 1100. The highest BCUT2D eigenvalue weighted by Gasteiger charge is 2.16. The molecule has 3 N–H and O–H groups in total. The number of carbonyl (C=O) groups excluding carboxylic acids is 2. The molecule has 0 fully saturated rings. The van der Waals surface area contributed by atoms with E-state index in [2.05, 4.69) is 15.5 Å². The number of ether oxygens (including phenoxy) is 1. The van der Waals surface area contributed by atoms with Crippen molar-refractivity contribution in [2.75, 3.05) is 36.6 Å². The maximum Gasteiger partial charge on any atom is 0.253 e. The van der Waals surface area contributed by atoms with Gasteiger partial charge in [0.05, 0.1) is 12.4 Å². The fourth-order valence-electron chi connectivity index (χ4n) is 3.19. The Morgan fingerprint density at radius 3 is 2.48 bits per heavy atom. The van der Waals surface area contributed by atoms with Crippen molar-refractivity contribution in [2.24, 2.45) is 0 Å². The second kappa shape index (κ2) is 11.4. The summed E-state index contributed by atoms with van der Waals surface area (Å²) in [6.45, 7) is 7.63. The zero-order valence-corrected chi connectivity index (χ0v) is 19.8. The van der Waals surface area contributed by atoms with Gasteiger partial charge in [-0.15, -0.1) is 10.2 Å². The van der Waals surface area contributed by atoms with Crippen molar-refractivity contribution in [2.45, 2.75) is 25.9 Å². The smallest absolute Gasteiger partial charge is 0.253 e. The molecular weight excluding hydrogens is 440 g/mol. The Balaban J connectivity index is 1.60. The number of rotatable bonds is 10. The number of anilines is 1. The Hall–Kier alpha value is -3.53. The molecular formula is C23H28N6O3S. The molecule has 2 aromatic carbocycles. The van der Waals surface area contributed by atoms with Crippen LogP contribution in [-0.2, 0) is 4.79 Å². The zero-order chi connectivity index (χ0) is 23.8. The largest absolute Gasteiger partial charge is 0.494 e. The fourth-order valence-corrected chi connectivity index (χ4v) is 3.85. The van der Waals surface area contributed by atoms with Gasteiger partial charge in [-0.25, -0.2) is 4.68 Å². The summed E-state index contributed by atoms with van der Waals surface area (Å²) in [6.07, 6.45) is 0. The molecule has 33 heavy (non-hydrogen) atoms. The Morgan fingerprint density at radius 2 is 1.82 bits per heavy atom. The van der Waals surface area contributed by atoms with Crippen molar-refractivity contribution in [3.63, 3.8) is 0 Å². The van der Waals surface area contributed by atoms with Crippen molar-refractivity contribution in [1.29, 1.82) is 0 Å². The van der Waals surface area contributed by atoms with Crippen molar-refractivity contribution in [1.82, 2.24) is 19.8 Å². The predicted molar refractivity (Wildman–Crippen MR) is 130 cm³/mol. The highest BCUT2D eigenvalue weighted by molar-refractivity contribution is 7.99. The van der Waals surface area contributed by atoms with Crippen LogP contribution in [0.1, 0.15) is 31.1 Å². The second-order valence-corrected chi connectivity index (χ2v) is 7.97. The van der Waals surface area contributed by atoms with Gasteiger partial charge in [-0.1, -0.05) is 17.8 Å². The van der Waals surface area contributed by atoms with Crippen molar-refractivity contribution >= 4 is 29.3 Å². The SMILES string of the molecule is CCOc1ccc(-c2nnc(SCC(=O)Nc3cccc(C(=O)N(CC)CC)c3)n2N)cc1. The van der Waals surface area contributed by atoms with Gasteiger partial charge in [0, 0.05) is 29.9 Å². The van der Waals surface area contributed by atoms with Gasteiger partial charge in [0.2, 0.25) is 11.1 Å². The lowest BCUT2D eigenvalue weighted by molar-refractivity contribution is -0.113. The number of hydrogen-bond acceptors (Lipinski definition) is 7. The van der Waals surface area contributed by atoms with Crippen LogP contribution in [0.2, 0.25) is 0 Å². The Morgan fingerprint density at radius 1 is 1.09 bits per heavy atom. The van der Waals surface area contributed by atoms with Crippen LogP contribution in [0.5, 0.6) is 5.75 Å². The van der Waals surface area contributed by atoms with Gasteiger partial charge >= 0.3 is 0 Å². The summed E-state index contributed by atoms with van der Waals surface area (Å²) in [4.78, 5) is 26.7. The number of aromatic nitrogens is 3. The molecule has 0 spiro atoms. The molecule has 1 aromatic heterocycles. The summed E-state index contributed by atoms with van der Waals surface area (Å²) < 4.78 is 6.80. The van der Waals surface area contributed by atoms with E-state index in [4.69, 9.17) is 10.6 Å². The highest BCUT2D eigenvalue weighted by Crippen LogP contribution is 2.24. The minimum Gasteiger partial charge on any atom is -0.494 e. The summed E-state index contributed by atoms with van der Waals surface area (Å²) in [5.41, 5.74) is 1.88. The third kappa shape index (κ3) is 6.04. The molecule has 0 aliphatic heterocycles. The van der Waals surface area contributed by atoms with E-state index < -0.39 is 0 Å². The minimum absolute atomic E-state index is 0.0662. The first-order valence-electron chi connectivity index (χ1n) is 10.7. The van der Waals surface area contributed by atoms with Crippen molar-refractivity contribution in [3.05, 3.63) is 54.1 Å². The third-order valence-corrected chi connectivity index (χ3v) is 5.81. The number of nitrogen functional groups attached to an aromatic ring is 1. The molecule has 0 bridgehead atoms. The van der Waals surface area contributed by atoms with Gasteiger partial charge in [0.1, 0.15) is 5.75 Å². The number of nitrogens with one attached hydrogen (secondary N) is 1. The molecule has 0 unspecified atom stereocenters. The number of thioether (sulfide) groups is 1. The molecule has 0 radical (unpaired) electrons. The van der Waals surface area contributed by atoms with Crippen LogP contribution in [0.15, 0.2) is 53.7 Å². The van der Waals surface area contributed by atoms with Crippen molar-refractivity contribution < 1.29 is 14.3 Å². The molecule has 0 saturated carbocycles. The first-order chi connectivity index (χ1) is 16.0. The lowest BCUT2D eigenvalue weighted by atomic mass is 10.1. The monoisotopic (exact) mass is 468 g/mol. The summed E-state index contributed by atoms with van der Waals surface area (Å²) in [5, 5.41) is 11.5. The summed E-state index contributed by atoms with van der Waals surface area (Å²) in [5.74, 6) is 7.18. The molecule has 2 amide bonds. The van der Waals surface area contributed by atoms with Crippen LogP contribution in [0, 0.1) is 0 Å². The van der Waals surface area contributed by atoms with E-state index in [1.54, 1.807) is 29.2 Å². The average molecular weight is 469 g/mol. The third-order valence-electron chi connectivity index (χ3n) is 4.86. The number of amides is 2. The highest BCUT2D eigenvalue weighted by atomic mass is 32.2. The summed E-state index contributed by atoms with van der Waals surface area (Å²) >= 11 is 1.18. The van der Waals surface area contributed by atoms with Crippen LogP contribution < -0.4 is 15.9 Å². The fraction of sp³-hybridized carbons (Fsp3) is 0.304. The van der Waals surface area contributed by atoms with Crippen LogP contribution in [0.4, 0.5) is 5.69 Å². The quantitative estimate of drug-likeness (QED) is 0.347. The van der Waals surface area contributed by atoms with E-state index in [1.807, 2.05) is 45.0 Å². The maximum atomic E-state index is 12.5. The average Bonchev–Trinajstić information content (AvgIpc) is 3.19. The number of benzene rings is 2. The first kappa shape index (κ1) is 24.1. The van der Waals surface area contributed by atoms with Gasteiger partial charge in [0.15, 0.2) is 5.82 Å². The van der Waals surface area contributed by atoms with E-state index >= 15 is 0 Å². The van der Waals surface area contributed by atoms with Gasteiger partial charge in [0.25, 0.3) is 5.91 Å². The number of carbonyl (C=O) groups is 2. The summed E-state index contributed by atoms with van der Waals surface area (Å²) in [7, 11) is 0. The van der Waals surface area contributed by atoms with Crippen molar-refractivity contribution in [3.8, 4) is 17.1 Å². The van der Waals surface area contributed by atoms with Gasteiger partial charge in [-0.3, -0.25) is 9.59 Å². The molecule has 3 rings (SSSR count). The molecule has 174 valence electrons. The van der Waals surface area contributed by atoms with Crippen LogP contribution in [0.3, 0.4) is 0 Å². The van der Waals surface area contributed by atoms with E-state index in [1.165, 1.54) is 16.4 Å². The van der Waals surface area contributed by atoms with Crippen LogP contribution >= 0.6 is 11.8 Å². The molecule has 0 aliphatic carbocycles. The lowest BCUT2D eigenvalue weighted by Gasteiger charge is -2.19. The van der Waals surface area contributed by atoms with Crippen LogP contribution in [-0.4, -0.2) is 57.0 Å². The van der Waals surface area contributed by atoms with Gasteiger partial charge in [-0.2, -0.15) is 0 Å². The van der Waals surface area contributed by atoms with Gasteiger partial charge in [-0.05, 0) is 63.2 Å². The molecule has 1 heterocycles. The van der Waals surface area contributed by atoms with E-state index in [0.29, 0.717) is 41.9 Å². The number of nitrogens with two attached hydrogens (primary N) is 1. The molecule has 0 atom stereocenters. The Labute approximate surface area is 197 Å². The van der Waals surface area contributed by atoms with E-state index in [0.717, 1.165) is 11.3 Å². The number of nitrogens with zero attached hydrogens (tertiary/aromatic N) is 4. The van der Waals surface area contributed by atoms with E-state index in [9.17, 15) is 9.59 Å². The second-order valence-electron chi connectivity index (χ2n) is 7.03. The topological polar surface area (TPSA) is 115 Å². The molecule has 10 heteroatoms. The minimum atomic E-state index is -0.238. The maximum absolute atomic E-state index is 12.5. The standard InChI is InChI=1S/C23H28N6O3S/c1-4-28(5-2)22(31)17-8-7-9-18(14-17)25-20(30)15-33-23-27-26-21(29(23)24)16-10-12-19(13-11-16)32-6-3/h7-14H,4-6,15,24H2,1-3H3,(H,25,30). The Kier molecular flexibility index (Phi) is 8.31. The molecule has 0 aliphatic rings. The first-order valence-corrected chi connectivity index (χ1v) is 11.7. The van der Waals surface area contributed by atoms with Gasteiger partial charge < -0.3 is 20.8 Å². The molecule has 0 saturated heterocycles. The lowest BCUT2D eigenvalue weighted by Crippen LogP contribution is -2.30. The molecule has 9 nitrogen and oxygen atoms in total. The normalized spacial score (nSPS) is 10.6. The van der Waals surface area contributed by atoms with E-state index in [-0.39, 0.29) is 17.6 Å².